The summed E-state index contributed by atoms with van der Waals surface area (Å²) in [7, 11) is 0. The Morgan fingerprint density at radius 1 is 1.47 bits per heavy atom. The van der Waals surface area contributed by atoms with Crippen LogP contribution in [0.1, 0.15) is 42.1 Å². The lowest BCUT2D eigenvalue weighted by molar-refractivity contribution is 0.0232. The van der Waals surface area contributed by atoms with E-state index in [0.29, 0.717) is 11.5 Å². The van der Waals surface area contributed by atoms with Gasteiger partial charge in [0, 0.05) is 11.6 Å². The Balaban J connectivity index is 2.05. The number of aryl methyl sites for hydroxylation is 1. The molecule has 4 heteroatoms. The largest absolute Gasteiger partial charge is 0.508 e. The molecule has 0 radical (unpaired) electrons. The first-order valence-electron chi connectivity index (χ1n) is 6.79. The van der Waals surface area contributed by atoms with Crippen molar-refractivity contribution in [2.24, 2.45) is 5.92 Å². The highest BCUT2D eigenvalue weighted by atomic mass is 16.3. The van der Waals surface area contributed by atoms with Gasteiger partial charge in [0.1, 0.15) is 5.75 Å². The first kappa shape index (κ1) is 13.9. The molecule has 1 aliphatic carbocycles. The van der Waals surface area contributed by atoms with Crippen LogP contribution in [0.3, 0.4) is 0 Å². The van der Waals surface area contributed by atoms with Gasteiger partial charge < -0.3 is 15.5 Å². The molecule has 1 aromatic carbocycles. The molecular formula is C15H21NO3. The molecular weight excluding hydrogens is 242 g/mol. The quantitative estimate of drug-likeness (QED) is 0.778. The minimum absolute atomic E-state index is 0.0950. The lowest BCUT2D eigenvalue weighted by atomic mass is 9.76. The van der Waals surface area contributed by atoms with E-state index in [1.807, 2.05) is 13.8 Å². The van der Waals surface area contributed by atoms with Crippen LogP contribution in [0.2, 0.25) is 0 Å². The number of phenols is 1. The van der Waals surface area contributed by atoms with Gasteiger partial charge in [0.2, 0.25) is 0 Å². The Kier molecular flexibility index (Phi) is 4.10. The Morgan fingerprint density at radius 3 is 2.74 bits per heavy atom. The van der Waals surface area contributed by atoms with E-state index >= 15 is 0 Å². The Labute approximate surface area is 113 Å². The van der Waals surface area contributed by atoms with Crippen molar-refractivity contribution in [1.29, 1.82) is 0 Å². The molecule has 1 saturated carbocycles. The molecule has 4 nitrogen and oxygen atoms in total. The number of aliphatic hydroxyl groups is 1. The average molecular weight is 263 g/mol. The van der Waals surface area contributed by atoms with E-state index in [4.69, 9.17) is 0 Å². The van der Waals surface area contributed by atoms with Crippen LogP contribution in [0.25, 0.3) is 0 Å². The van der Waals surface area contributed by atoms with Crippen molar-refractivity contribution in [3.05, 3.63) is 29.3 Å². The highest BCUT2D eigenvalue weighted by molar-refractivity contribution is 5.96. The van der Waals surface area contributed by atoms with Gasteiger partial charge in [-0.15, -0.1) is 0 Å². The molecule has 0 bridgehead atoms. The number of amides is 1. The van der Waals surface area contributed by atoms with Crippen LogP contribution < -0.4 is 5.32 Å². The minimum atomic E-state index is -0.210. The van der Waals surface area contributed by atoms with Crippen molar-refractivity contribution in [3.8, 4) is 5.75 Å². The predicted molar refractivity (Wildman–Crippen MR) is 73.1 cm³/mol. The molecule has 1 aliphatic rings. The van der Waals surface area contributed by atoms with Gasteiger partial charge in [-0.1, -0.05) is 13.0 Å². The summed E-state index contributed by atoms with van der Waals surface area (Å²) in [5.41, 5.74) is 1.36. The molecule has 0 saturated heterocycles. The van der Waals surface area contributed by atoms with E-state index in [1.54, 1.807) is 12.1 Å². The van der Waals surface area contributed by atoms with E-state index in [2.05, 4.69) is 5.32 Å². The van der Waals surface area contributed by atoms with Crippen molar-refractivity contribution < 1.29 is 15.0 Å². The van der Waals surface area contributed by atoms with Crippen molar-refractivity contribution in [2.45, 2.75) is 45.3 Å². The van der Waals surface area contributed by atoms with Crippen molar-refractivity contribution in [3.63, 3.8) is 0 Å². The number of aromatic hydroxyl groups is 1. The number of hydrogen-bond donors (Lipinski definition) is 3. The Morgan fingerprint density at radius 2 is 2.16 bits per heavy atom. The topological polar surface area (TPSA) is 69.6 Å². The lowest BCUT2D eigenvalue weighted by Crippen LogP contribution is -2.46. The van der Waals surface area contributed by atoms with E-state index in [1.165, 1.54) is 6.07 Å². The number of nitrogens with one attached hydrogen (secondary N) is 1. The monoisotopic (exact) mass is 263 g/mol. The van der Waals surface area contributed by atoms with Gasteiger partial charge in [-0.25, -0.2) is 0 Å². The van der Waals surface area contributed by atoms with Crippen molar-refractivity contribution in [2.75, 3.05) is 0 Å². The smallest absolute Gasteiger partial charge is 0.251 e. The first-order valence-corrected chi connectivity index (χ1v) is 6.79. The third kappa shape index (κ3) is 3.07. The SMILES string of the molecule is CCC(NC(=O)c1cc(O)ccc1C)C1CC(O)C1. The van der Waals surface area contributed by atoms with Crippen molar-refractivity contribution >= 4 is 5.91 Å². The second-order valence-electron chi connectivity index (χ2n) is 5.37. The van der Waals surface area contributed by atoms with E-state index < -0.39 is 0 Å². The fourth-order valence-corrected chi connectivity index (χ4v) is 2.61. The molecule has 1 aromatic rings. The molecule has 0 heterocycles. The maximum Gasteiger partial charge on any atom is 0.251 e. The maximum absolute atomic E-state index is 12.2. The number of carbonyl (C=O) groups excluding carboxylic acids is 1. The molecule has 1 atom stereocenters. The normalized spacial score (nSPS) is 23.5. The van der Waals surface area contributed by atoms with Crippen LogP contribution in [0.5, 0.6) is 5.75 Å². The summed E-state index contributed by atoms with van der Waals surface area (Å²) >= 11 is 0. The number of hydrogen-bond acceptors (Lipinski definition) is 3. The highest BCUT2D eigenvalue weighted by Gasteiger charge is 2.33. The summed E-state index contributed by atoms with van der Waals surface area (Å²) in [5, 5.41) is 21.8. The molecule has 1 unspecified atom stereocenters. The molecule has 19 heavy (non-hydrogen) atoms. The summed E-state index contributed by atoms with van der Waals surface area (Å²) < 4.78 is 0. The third-order valence-corrected chi connectivity index (χ3v) is 3.94. The van der Waals surface area contributed by atoms with E-state index in [0.717, 1.165) is 24.8 Å². The van der Waals surface area contributed by atoms with Crippen LogP contribution in [0.4, 0.5) is 0 Å². The summed E-state index contributed by atoms with van der Waals surface area (Å²) in [6, 6.07) is 4.90. The summed E-state index contributed by atoms with van der Waals surface area (Å²) in [4.78, 5) is 12.2. The minimum Gasteiger partial charge on any atom is -0.508 e. The third-order valence-electron chi connectivity index (χ3n) is 3.94. The zero-order valence-corrected chi connectivity index (χ0v) is 11.4. The second-order valence-corrected chi connectivity index (χ2v) is 5.37. The van der Waals surface area contributed by atoms with Gasteiger partial charge in [0.05, 0.1) is 6.10 Å². The summed E-state index contributed by atoms with van der Waals surface area (Å²) in [6.07, 6.45) is 2.16. The Bertz CT molecular complexity index is 466. The Hall–Kier alpha value is -1.55. The zero-order valence-electron chi connectivity index (χ0n) is 11.4. The molecule has 104 valence electrons. The van der Waals surface area contributed by atoms with Gasteiger partial charge in [0.15, 0.2) is 0 Å². The number of rotatable bonds is 4. The van der Waals surface area contributed by atoms with E-state index in [9.17, 15) is 15.0 Å². The van der Waals surface area contributed by atoms with Gasteiger partial charge >= 0.3 is 0 Å². The average Bonchev–Trinajstić information content (AvgIpc) is 2.35. The van der Waals surface area contributed by atoms with Gasteiger partial charge in [-0.05, 0) is 49.8 Å². The molecule has 0 spiro atoms. The van der Waals surface area contributed by atoms with Gasteiger partial charge in [0.25, 0.3) is 5.91 Å². The van der Waals surface area contributed by atoms with Crippen LogP contribution in [-0.2, 0) is 0 Å². The van der Waals surface area contributed by atoms with E-state index in [-0.39, 0.29) is 23.8 Å². The predicted octanol–water partition coefficient (Wildman–Crippen LogP) is 1.98. The number of benzene rings is 1. The number of aliphatic hydroxyl groups excluding tert-OH is 1. The number of phenolic OH excluding ortho intramolecular Hbond substituents is 1. The lowest BCUT2D eigenvalue weighted by Gasteiger charge is -2.37. The molecule has 3 N–H and O–H groups in total. The molecule has 0 aromatic heterocycles. The molecule has 0 aliphatic heterocycles. The fourth-order valence-electron chi connectivity index (χ4n) is 2.61. The number of carbonyl (C=O) groups is 1. The summed E-state index contributed by atoms with van der Waals surface area (Å²) in [6.45, 7) is 3.88. The van der Waals surface area contributed by atoms with Crippen molar-refractivity contribution in [1.82, 2.24) is 5.32 Å². The van der Waals surface area contributed by atoms with Gasteiger partial charge in [-0.2, -0.15) is 0 Å². The standard InChI is InChI=1S/C15H21NO3/c1-3-14(10-6-12(18)7-10)16-15(19)13-8-11(17)5-4-9(13)2/h4-5,8,10,12,14,17-18H,3,6-7H2,1-2H3,(H,16,19). The maximum atomic E-state index is 12.2. The summed E-state index contributed by atoms with van der Waals surface area (Å²) in [5.74, 6) is 0.311. The van der Waals surface area contributed by atoms with Crippen LogP contribution in [0, 0.1) is 12.8 Å². The zero-order chi connectivity index (χ0) is 14.0. The fraction of sp³-hybridized carbons (Fsp3) is 0.533. The van der Waals surface area contributed by atoms with Crippen LogP contribution >= 0.6 is 0 Å². The van der Waals surface area contributed by atoms with Crippen LogP contribution in [0.15, 0.2) is 18.2 Å². The molecule has 1 fully saturated rings. The van der Waals surface area contributed by atoms with Crippen LogP contribution in [-0.4, -0.2) is 28.3 Å². The second kappa shape index (κ2) is 5.61. The molecule has 1 amide bonds. The molecule has 2 rings (SSSR count). The first-order chi connectivity index (χ1) is 9.01. The highest BCUT2D eigenvalue weighted by Crippen LogP contribution is 2.31. The van der Waals surface area contributed by atoms with Gasteiger partial charge in [-0.3, -0.25) is 4.79 Å².